The molecule has 0 radical (unpaired) electrons. The van der Waals surface area contributed by atoms with Gasteiger partial charge in [-0.15, -0.1) is 0 Å². The molecule has 0 aromatic heterocycles. The van der Waals surface area contributed by atoms with Crippen molar-refractivity contribution >= 4 is 18.0 Å². The minimum atomic E-state index is -0.963. The summed E-state index contributed by atoms with van der Waals surface area (Å²) in [5, 5.41) is 8.65. The van der Waals surface area contributed by atoms with Crippen molar-refractivity contribution in [2.24, 2.45) is 0 Å². The van der Waals surface area contributed by atoms with Crippen molar-refractivity contribution in [3.63, 3.8) is 0 Å². The number of benzene rings is 1. The van der Waals surface area contributed by atoms with E-state index in [1.54, 1.807) is 6.08 Å². The lowest BCUT2D eigenvalue weighted by Gasteiger charge is -2.33. The number of carbonyl (C=O) groups is 2. The number of likely N-dealkylation sites (tertiary alicyclic amines) is 1. The second-order valence-corrected chi connectivity index (χ2v) is 5.06. The quantitative estimate of drug-likeness (QED) is 0.858. The summed E-state index contributed by atoms with van der Waals surface area (Å²) in [4.78, 5) is 24.4. The van der Waals surface area contributed by atoms with E-state index in [-0.39, 0.29) is 11.9 Å². The number of rotatable bonds is 4. The first-order valence-electron chi connectivity index (χ1n) is 6.88. The van der Waals surface area contributed by atoms with Gasteiger partial charge in [0.2, 0.25) is 5.91 Å². The van der Waals surface area contributed by atoms with E-state index in [2.05, 4.69) is 0 Å². The van der Waals surface area contributed by atoms with Crippen LogP contribution in [0, 0.1) is 0 Å². The minimum Gasteiger partial charge on any atom is -0.478 e. The Hall–Kier alpha value is -2.10. The summed E-state index contributed by atoms with van der Waals surface area (Å²) >= 11 is 0. The van der Waals surface area contributed by atoms with Crippen LogP contribution in [-0.4, -0.2) is 28.4 Å². The van der Waals surface area contributed by atoms with E-state index in [0.29, 0.717) is 6.42 Å². The zero-order valence-electron chi connectivity index (χ0n) is 11.6. The maximum Gasteiger partial charge on any atom is 0.328 e. The number of carboxylic acid groups (broad SMARTS) is 1. The van der Waals surface area contributed by atoms with Crippen molar-refractivity contribution in [1.82, 2.24) is 4.90 Å². The van der Waals surface area contributed by atoms with Gasteiger partial charge < -0.3 is 10.0 Å². The van der Waals surface area contributed by atoms with Gasteiger partial charge in [0.05, 0.1) is 6.04 Å². The summed E-state index contributed by atoms with van der Waals surface area (Å²) in [5.41, 5.74) is 1.87. The second kappa shape index (κ2) is 6.37. The van der Waals surface area contributed by atoms with E-state index in [9.17, 15) is 9.59 Å². The van der Waals surface area contributed by atoms with E-state index in [1.807, 2.05) is 36.1 Å². The highest BCUT2D eigenvalue weighted by molar-refractivity contribution is 5.85. The average molecular weight is 273 g/mol. The van der Waals surface area contributed by atoms with Crippen molar-refractivity contribution in [2.75, 3.05) is 6.54 Å². The molecule has 1 atom stereocenters. The molecule has 1 saturated heterocycles. The molecule has 1 heterocycles. The van der Waals surface area contributed by atoms with Crippen LogP contribution in [0.25, 0.3) is 6.08 Å². The Morgan fingerprint density at radius 3 is 2.90 bits per heavy atom. The number of piperidine rings is 1. The highest BCUT2D eigenvalue weighted by Gasteiger charge is 2.23. The fourth-order valence-corrected chi connectivity index (χ4v) is 2.51. The maximum absolute atomic E-state index is 11.9. The Morgan fingerprint density at radius 1 is 1.40 bits per heavy atom. The van der Waals surface area contributed by atoms with Crippen LogP contribution < -0.4 is 0 Å². The Bertz CT molecular complexity index is 536. The monoisotopic (exact) mass is 273 g/mol. The Kier molecular flexibility index (Phi) is 4.56. The summed E-state index contributed by atoms with van der Waals surface area (Å²) in [7, 11) is 0. The first kappa shape index (κ1) is 14.3. The Balaban J connectivity index is 2.17. The molecule has 4 nitrogen and oxygen atoms in total. The maximum atomic E-state index is 11.9. The van der Waals surface area contributed by atoms with E-state index < -0.39 is 5.97 Å². The van der Waals surface area contributed by atoms with Crippen LogP contribution in [0.5, 0.6) is 0 Å². The van der Waals surface area contributed by atoms with Crippen molar-refractivity contribution in [3.05, 3.63) is 41.5 Å². The fraction of sp³-hybridized carbons (Fsp3) is 0.375. The molecule has 4 heteroatoms. The van der Waals surface area contributed by atoms with Gasteiger partial charge in [-0.3, -0.25) is 4.79 Å². The molecule has 1 amide bonds. The molecule has 1 aliphatic rings. The number of hydrogen-bond acceptors (Lipinski definition) is 2. The third-order valence-corrected chi connectivity index (χ3v) is 3.64. The number of amides is 1. The molecule has 1 N–H and O–H groups in total. The first-order chi connectivity index (χ1) is 9.58. The number of carbonyl (C=O) groups excluding carboxylic acids is 1. The van der Waals surface area contributed by atoms with E-state index in [4.69, 9.17) is 5.11 Å². The first-order valence-corrected chi connectivity index (χ1v) is 6.88. The smallest absolute Gasteiger partial charge is 0.328 e. The van der Waals surface area contributed by atoms with Crippen molar-refractivity contribution in [3.8, 4) is 0 Å². The summed E-state index contributed by atoms with van der Waals surface area (Å²) in [6.07, 6.45) is 5.34. The number of nitrogens with zero attached hydrogens (tertiary/aromatic N) is 1. The van der Waals surface area contributed by atoms with Gasteiger partial charge in [-0.2, -0.15) is 0 Å². The van der Waals surface area contributed by atoms with E-state index >= 15 is 0 Å². The van der Waals surface area contributed by atoms with Crippen molar-refractivity contribution in [1.29, 1.82) is 0 Å². The van der Waals surface area contributed by atoms with Gasteiger partial charge in [0.15, 0.2) is 0 Å². The van der Waals surface area contributed by atoms with Crippen LogP contribution >= 0.6 is 0 Å². The van der Waals surface area contributed by atoms with Gasteiger partial charge >= 0.3 is 5.97 Å². The molecule has 0 bridgehead atoms. The van der Waals surface area contributed by atoms with Gasteiger partial charge in [0, 0.05) is 19.0 Å². The van der Waals surface area contributed by atoms with Gasteiger partial charge in [0.25, 0.3) is 0 Å². The third-order valence-electron chi connectivity index (χ3n) is 3.64. The number of hydrogen-bond donors (Lipinski definition) is 1. The molecular formula is C16H19NO3. The lowest BCUT2D eigenvalue weighted by atomic mass is 10.0. The van der Waals surface area contributed by atoms with Crippen LogP contribution in [0.1, 0.15) is 43.4 Å². The molecule has 2 rings (SSSR count). The fourth-order valence-electron chi connectivity index (χ4n) is 2.51. The van der Waals surface area contributed by atoms with Gasteiger partial charge in [0.1, 0.15) is 0 Å². The van der Waals surface area contributed by atoms with Crippen LogP contribution in [0.15, 0.2) is 30.3 Å². The van der Waals surface area contributed by atoms with Gasteiger partial charge in [-0.1, -0.05) is 18.2 Å². The molecule has 1 aliphatic heterocycles. The predicted octanol–water partition coefficient (Wildman–Crippen LogP) is 2.86. The third kappa shape index (κ3) is 3.47. The second-order valence-electron chi connectivity index (χ2n) is 5.06. The van der Waals surface area contributed by atoms with Crippen LogP contribution in [-0.2, 0) is 9.59 Å². The van der Waals surface area contributed by atoms with E-state index in [1.165, 1.54) is 0 Å². The number of aliphatic carboxylic acids is 1. The normalized spacial score (nSPS) is 17.4. The van der Waals surface area contributed by atoms with Crippen LogP contribution in [0.4, 0.5) is 0 Å². The Morgan fingerprint density at radius 2 is 2.20 bits per heavy atom. The molecule has 1 aromatic rings. The molecule has 20 heavy (non-hydrogen) atoms. The molecule has 0 saturated carbocycles. The topological polar surface area (TPSA) is 57.6 Å². The van der Waals surface area contributed by atoms with Crippen LogP contribution in [0.2, 0.25) is 0 Å². The van der Waals surface area contributed by atoms with Crippen molar-refractivity contribution < 1.29 is 14.7 Å². The largest absolute Gasteiger partial charge is 0.478 e. The minimum absolute atomic E-state index is 0.0287. The van der Waals surface area contributed by atoms with Gasteiger partial charge in [-0.25, -0.2) is 4.79 Å². The highest BCUT2D eigenvalue weighted by Crippen LogP contribution is 2.25. The zero-order valence-corrected chi connectivity index (χ0v) is 11.6. The average Bonchev–Trinajstić information content (AvgIpc) is 2.45. The predicted molar refractivity (Wildman–Crippen MR) is 77.1 cm³/mol. The molecule has 1 unspecified atom stereocenters. The van der Waals surface area contributed by atoms with Crippen molar-refractivity contribution in [2.45, 2.75) is 32.2 Å². The Labute approximate surface area is 118 Å². The molecule has 1 aromatic carbocycles. The summed E-state index contributed by atoms with van der Waals surface area (Å²) in [5.74, 6) is -0.759. The van der Waals surface area contributed by atoms with E-state index in [0.717, 1.165) is 36.6 Å². The number of carboxylic acids is 1. The molecule has 0 spiro atoms. The van der Waals surface area contributed by atoms with Gasteiger partial charge in [-0.05, 0) is 43.0 Å². The molecular weight excluding hydrogens is 254 g/mol. The molecule has 106 valence electrons. The molecule has 0 aliphatic carbocycles. The van der Waals surface area contributed by atoms with Crippen LogP contribution in [0.3, 0.4) is 0 Å². The standard InChI is InChI=1S/C16H19NO3/c1-12(17-10-3-2-7-15(17)18)14-6-4-5-13(11-14)8-9-16(19)20/h4-6,8-9,11-12H,2-3,7,10H2,1H3,(H,19,20). The summed E-state index contributed by atoms with van der Waals surface area (Å²) in [6.45, 7) is 2.82. The highest BCUT2D eigenvalue weighted by atomic mass is 16.4. The lowest BCUT2D eigenvalue weighted by molar-refractivity contribution is -0.135. The summed E-state index contributed by atoms with van der Waals surface area (Å²) < 4.78 is 0. The SMILES string of the molecule is CC(c1cccc(C=CC(=O)O)c1)N1CCCCC1=O. The lowest BCUT2D eigenvalue weighted by Crippen LogP contribution is -2.37. The zero-order chi connectivity index (χ0) is 14.5. The summed E-state index contributed by atoms with van der Waals surface area (Å²) in [6, 6.07) is 7.69. The molecule has 1 fully saturated rings.